The minimum Gasteiger partial charge on any atom is -0.346 e. The molecule has 0 aliphatic carbocycles. The summed E-state index contributed by atoms with van der Waals surface area (Å²) in [5, 5.41) is 4.72. The Balaban J connectivity index is 2.67. The maximum Gasteiger partial charge on any atom is 0.186 e. The zero-order valence-electron chi connectivity index (χ0n) is 14.7. The first-order chi connectivity index (χ1) is 9.95. The van der Waals surface area contributed by atoms with E-state index >= 15 is 0 Å². The Labute approximate surface area is 135 Å². The summed E-state index contributed by atoms with van der Waals surface area (Å²) in [6.45, 7) is 16.5. The van der Waals surface area contributed by atoms with Crippen LogP contribution >= 0.6 is 11.3 Å². The summed E-state index contributed by atoms with van der Waals surface area (Å²) >= 11 is 1.86. The van der Waals surface area contributed by atoms with E-state index in [2.05, 4.69) is 51.8 Å². The minimum absolute atomic E-state index is 0.517. The Kier molecular flexibility index (Phi) is 8.27. The highest BCUT2D eigenvalue weighted by Crippen LogP contribution is 2.27. The zero-order valence-corrected chi connectivity index (χ0v) is 15.5. The van der Waals surface area contributed by atoms with Crippen LogP contribution in [0.3, 0.4) is 0 Å². The van der Waals surface area contributed by atoms with Gasteiger partial charge in [0.05, 0.1) is 5.69 Å². The monoisotopic (exact) mass is 311 g/mol. The standard InChI is InChI=1S/C17H33N3S/c1-7-8-9-10-20(14(4)5)17-19-15(6)16(21-17)12-18-11-13(2)3/h13-14,18H,7-12H2,1-6H3. The molecule has 4 heteroatoms. The molecule has 0 aromatic carbocycles. The van der Waals surface area contributed by atoms with E-state index in [0.29, 0.717) is 12.0 Å². The molecule has 1 heterocycles. The van der Waals surface area contributed by atoms with Gasteiger partial charge in [0.25, 0.3) is 0 Å². The number of aromatic nitrogens is 1. The fraction of sp³-hybridized carbons (Fsp3) is 0.824. The lowest BCUT2D eigenvalue weighted by Crippen LogP contribution is -2.31. The molecular weight excluding hydrogens is 278 g/mol. The van der Waals surface area contributed by atoms with Gasteiger partial charge in [0.15, 0.2) is 5.13 Å². The summed E-state index contributed by atoms with van der Waals surface area (Å²) in [6.07, 6.45) is 3.83. The average molecular weight is 312 g/mol. The number of hydrogen-bond acceptors (Lipinski definition) is 4. The van der Waals surface area contributed by atoms with Gasteiger partial charge in [-0.15, -0.1) is 11.3 Å². The van der Waals surface area contributed by atoms with Crippen molar-refractivity contribution in [3.8, 4) is 0 Å². The van der Waals surface area contributed by atoms with Crippen molar-refractivity contribution in [2.24, 2.45) is 5.92 Å². The van der Waals surface area contributed by atoms with Crippen molar-refractivity contribution in [3.63, 3.8) is 0 Å². The van der Waals surface area contributed by atoms with Gasteiger partial charge in [-0.25, -0.2) is 4.98 Å². The van der Waals surface area contributed by atoms with Crippen molar-refractivity contribution in [3.05, 3.63) is 10.6 Å². The molecule has 0 fully saturated rings. The first-order valence-electron chi connectivity index (χ1n) is 8.39. The summed E-state index contributed by atoms with van der Waals surface area (Å²) in [7, 11) is 0. The summed E-state index contributed by atoms with van der Waals surface area (Å²) in [5.41, 5.74) is 1.19. The highest BCUT2D eigenvalue weighted by Gasteiger charge is 2.16. The van der Waals surface area contributed by atoms with Gasteiger partial charge < -0.3 is 10.2 Å². The Bertz CT molecular complexity index is 399. The maximum atomic E-state index is 4.81. The number of rotatable bonds is 10. The number of nitrogens with zero attached hydrogens (tertiary/aromatic N) is 2. The molecule has 1 rings (SSSR count). The molecule has 0 radical (unpaired) electrons. The van der Waals surface area contributed by atoms with Crippen LogP contribution in [0.25, 0.3) is 0 Å². The number of hydrogen-bond donors (Lipinski definition) is 1. The molecule has 3 nitrogen and oxygen atoms in total. The van der Waals surface area contributed by atoms with Crippen molar-refractivity contribution in [2.45, 2.75) is 73.4 Å². The Morgan fingerprint density at radius 1 is 1.19 bits per heavy atom. The number of aryl methyl sites for hydroxylation is 1. The van der Waals surface area contributed by atoms with Gasteiger partial charge in [0.2, 0.25) is 0 Å². The van der Waals surface area contributed by atoms with Crippen LogP contribution in [0, 0.1) is 12.8 Å². The molecule has 1 aromatic rings. The molecule has 1 N–H and O–H groups in total. The summed E-state index contributed by atoms with van der Waals surface area (Å²) in [5.74, 6) is 0.693. The molecule has 0 unspecified atom stereocenters. The van der Waals surface area contributed by atoms with Gasteiger partial charge in [-0.2, -0.15) is 0 Å². The van der Waals surface area contributed by atoms with E-state index in [1.165, 1.54) is 35.0 Å². The van der Waals surface area contributed by atoms with Crippen LogP contribution in [0.5, 0.6) is 0 Å². The van der Waals surface area contributed by atoms with Crippen LogP contribution in [0.2, 0.25) is 0 Å². The van der Waals surface area contributed by atoms with Crippen molar-refractivity contribution in [1.82, 2.24) is 10.3 Å². The number of thiazole rings is 1. The second kappa shape index (κ2) is 9.42. The molecular formula is C17H33N3S. The van der Waals surface area contributed by atoms with E-state index in [1.54, 1.807) is 0 Å². The molecule has 0 amide bonds. The zero-order chi connectivity index (χ0) is 15.8. The minimum atomic E-state index is 0.517. The van der Waals surface area contributed by atoms with Crippen LogP contribution in [0.15, 0.2) is 0 Å². The Morgan fingerprint density at radius 3 is 2.48 bits per heavy atom. The lowest BCUT2D eigenvalue weighted by atomic mass is 10.2. The van der Waals surface area contributed by atoms with Crippen molar-refractivity contribution in [1.29, 1.82) is 0 Å². The second-order valence-corrected chi connectivity index (χ2v) is 7.59. The van der Waals surface area contributed by atoms with Crippen molar-refractivity contribution in [2.75, 3.05) is 18.0 Å². The number of anilines is 1. The number of unbranched alkanes of at least 4 members (excludes halogenated alkanes) is 2. The summed E-state index contributed by atoms with van der Waals surface area (Å²) < 4.78 is 0. The molecule has 0 spiro atoms. The molecule has 122 valence electrons. The van der Waals surface area contributed by atoms with Gasteiger partial charge >= 0.3 is 0 Å². The fourth-order valence-corrected chi connectivity index (χ4v) is 3.47. The van der Waals surface area contributed by atoms with Gasteiger partial charge in [-0.3, -0.25) is 0 Å². The third-order valence-corrected chi connectivity index (χ3v) is 4.79. The fourth-order valence-electron chi connectivity index (χ4n) is 2.28. The first kappa shape index (κ1) is 18.4. The van der Waals surface area contributed by atoms with Crippen LogP contribution in [0.1, 0.15) is 64.5 Å². The maximum absolute atomic E-state index is 4.81. The topological polar surface area (TPSA) is 28.2 Å². The molecule has 0 saturated heterocycles. The highest BCUT2D eigenvalue weighted by molar-refractivity contribution is 7.15. The first-order valence-corrected chi connectivity index (χ1v) is 9.21. The van der Waals surface area contributed by atoms with Crippen LogP contribution in [-0.4, -0.2) is 24.1 Å². The van der Waals surface area contributed by atoms with E-state index in [0.717, 1.165) is 19.6 Å². The normalized spacial score (nSPS) is 11.6. The molecule has 0 bridgehead atoms. The molecule has 0 aliphatic heterocycles. The molecule has 21 heavy (non-hydrogen) atoms. The van der Waals surface area contributed by atoms with E-state index in [4.69, 9.17) is 4.98 Å². The van der Waals surface area contributed by atoms with Gasteiger partial charge in [0.1, 0.15) is 0 Å². The third kappa shape index (κ3) is 6.35. The quantitative estimate of drug-likeness (QED) is 0.640. The van der Waals surface area contributed by atoms with Crippen LogP contribution in [0.4, 0.5) is 5.13 Å². The van der Waals surface area contributed by atoms with Gasteiger partial charge in [0, 0.05) is 24.0 Å². The second-order valence-electron chi connectivity index (χ2n) is 6.52. The number of nitrogens with one attached hydrogen (secondary N) is 1. The largest absolute Gasteiger partial charge is 0.346 e. The van der Waals surface area contributed by atoms with Crippen molar-refractivity contribution < 1.29 is 0 Å². The van der Waals surface area contributed by atoms with Gasteiger partial charge in [-0.05, 0) is 39.7 Å². The highest BCUT2D eigenvalue weighted by atomic mass is 32.1. The Hall–Kier alpha value is -0.610. The van der Waals surface area contributed by atoms with E-state index in [1.807, 2.05) is 11.3 Å². The van der Waals surface area contributed by atoms with Crippen LogP contribution < -0.4 is 10.2 Å². The predicted octanol–water partition coefficient (Wildman–Crippen LogP) is 4.60. The molecule has 0 atom stereocenters. The smallest absolute Gasteiger partial charge is 0.186 e. The molecule has 0 aliphatic rings. The molecule has 0 saturated carbocycles. The van der Waals surface area contributed by atoms with Crippen molar-refractivity contribution >= 4 is 16.5 Å². The lowest BCUT2D eigenvalue weighted by molar-refractivity contribution is 0.554. The Morgan fingerprint density at radius 2 is 1.90 bits per heavy atom. The lowest BCUT2D eigenvalue weighted by Gasteiger charge is -2.26. The van der Waals surface area contributed by atoms with Gasteiger partial charge in [-0.1, -0.05) is 33.6 Å². The third-order valence-electron chi connectivity index (χ3n) is 3.59. The predicted molar refractivity (Wildman–Crippen MR) is 95.4 cm³/mol. The van der Waals surface area contributed by atoms with E-state index in [9.17, 15) is 0 Å². The summed E-state index contributed by atoms with van der Waals surface area (Å²) in [6, 6.07) is 0.517. The SMILES string of the molecule is CCCCCN(c1nc(C)c(CNCC(C)C)s1)C(C)C. The molecule has 1 aromatic heterocycles. The average Bonchev–Trinajstić information content (AvgIpc) is 2.75. The van der Waals surface area contributed by atoms with E-state index in [-0.39, 0.29) is 0 Å². The van der Waals surface area contributed by atoms with E-state index < -0.39 is 0 Å². The van der Waals surface area contributed by atoms with Crippen LogP contribution in [-0.2, 0) is 6.54 Å². The summed E-state index contributed by atoms with van der Waals surface area (Å²) in [4.78, 5) is 8.65.